The Balaban J connectivity index is 3.80. The highest BCUT2D eigenvalue weighted by Gasteiger charge is 2.19. The molecule has 0 aromatic carbocycles. The summed E-state index contributed by atoms with van der Waals surface area (Å²) in [6, 6.07) is 0. The van der Waals surface area contributed by atoms with Crippen molar-refractivity contribution in [1.82, 2.24) is 5.32 Å². The van der Waals surface area contributed by atoms with Crippen molar-refractivity contribution in [2.45, 2.75) is 52.3 Å². The number of nitrogens with one attached hydrogen (secondary N) is 1. The average Bonchev–Trinajstić information content (AvgIpc) is 2.11. The molecule has 0 radical (unpaired) electrons. The van der Waals surface area contributed by atoms with Gasteiger partial charge in [-0.3, -0.25) is 4.79 Å². The molecule has 0 aromatic rings. The molecule has 1 atom stereocenters. The molecule has 0 fully saturated rings. The fourth-order valence-electron chi connectivity index (χ4n) is 1.21. The zero-order valence-electron chi connectivity index (χ0n) is 9.69. The van der Waals surface area contributed by atoms with Crippen LogP contribution in [0.1, 0.15) is 47.0 Å². The zero-order chi connectivity index (χ0) is 11.2. The Labute approximate surface area is 92.4 Å². The molecule has 0 saturated carbocycles. The lowest BCUT2D eigenvalue weighted by atomic mass is 9.87. The fourth-order valence-corrected chi connectivity index (χ4v) is 1.29. The maximum absolute atomic E-state index is 11.2. The summed E-state index contributed by atoms with van der Waals surface area (Å²) in [4.78, 5) is 11.2. The lowest BCUT2D eigenvalue weighted by Gasteiger charge is -2.25. The van der Waals surface area contributed by atoms with Crippen molar-refractivity contribution in [3.05, 3.63) is 0 Å². The smallest absolute Gasteiger partial charge is 0.237 e. The summed E-state index contributed by atoms with van der Waals surface area (Å²) in [6.07, 6.45) is 3.54. The molecule has 3 heteroatoms. The topological polar surface area (TPSA) is 29.1 Å². The van der Waals surface area contributed by atoms with E-state index >= 15 is 0 Å². The van der Waals surface area contributed by atoms with Gasteiger partial charge in [0.05, 0.1) is 0 Å². The number of hydrogen-bond acceptors (Lipinski definition) is 1. The van der Waals surface area contributed by atoms with Crippen molar-refractivity contribution in [3.63, 3.8) is 0 Å². The first-order valence-electron chi connectivity index (χ1n) is 5.31. The van der Waals surface area contributed by atoms with Crippen LogP contribution < -0.4 is 5.32 Å². The summed E-state index contributed by atoms with van der Waals surface area (Å²) < 4.78 is 0. The van der Waals surface area contributed by atoms with Gasteiger partial charge in [0.2, 0.25) is 5.91 Å². The van der Waals surface area contributed by atoms with Gasteiger partial charge < -0.3 is 5.32 Å². The van der Waals surface area contributed by atoms with E-state index in [4.69, 9.17) is 11.6 Å². The third-order valence-corrected chi connectivity index (χ3v) is 2.51. The van der Waals surface area contributed by atoms with Gasteiger partial charge in [-0.15, -0.1) is 11.6 Å². The van der Waals surface area contributed by atoms with Gasteiger partial charge in [0.15, 0.2) is 0 Å². The number of carbonyl (C=O) groups excluding carboxylic acids is 1. The van der Waals surface area contributed by atoms with E-state index in [1.807, 2.05) is 0 Å². The Morgan fingerprint density at radius 3 is 2.50 bits per heavy atom. The lowest BCUT2D eigenvalue weighted by molar-refractivity contribution is -0.120. The number of alkyl halides is 1. The molecule has 84 valence electrons. The molecule has 2 nitrogen and oxygen atoms in total. The Hall–Kier alpha value is -0.240. The van der Waals surface area contributed by atoms with E-state index in [-0.39, 0.29) is 11.3 Å². The highest BCUT2D eigenvalue weighted by Crippen LogP contribution is 2.21. The highest BCUT2D eigenvalue weighted by molar-refractivity contribution is 6.30. The lowest BCUT2D eigenvalue weighted by Crippen LogP contribution is -2.37. The van der Waals surface area contributed by atoms with Crippen LogP contribution in [-0.2, 0) is 4.79 Å². The van der Waals surface area contributed by atoms with Gasteiger partial charge in [0.1, 0.15) is 5.38 Å². The minimum Gasteiger partial charge on any atom is -0.354 e. The summed E-state index contributed by atoms with van der Waals surface area (Å²) >= 11 is 5.65. The Bertz CT molecular complexity index is 178. The second-order valence-corrected chi connectivity index (χ2v) is 5.26. The van der Waals surface area contributed by atoms with Gasteiger partial charge in [0.25, 0.3) is 0 Å². The molecule has 0 aliphatic rings. The first kappa shape index (κ1) is 13.8. The molecule has 14 heavy (non-hydrogen) atoms. The molecular formula is C11H22ClNO. The number of rotatable bonds is 6. The quantitative estimate of drug-likeness (QED) is 0.684. The monoisotopic (exact) mass is 219 g/mol. The van der Waals surface area contributed by atoms with Crippen molar-refractivity contribution in [2.75, 3.05) is 6.54 Å². The Kier molecular flexibility index (Phi) is 6.17. The van der Waals surface area contributed by atoms with Crippen LogP contribution in [0.4, 0.5) is 0 Å². The van der Waals surface area contributed by atoms with Gasteiger partial charge in [-0.25, -0.2) is 0 Å². The summed E-state index contributed by atoms with van der Waals surface area (Å²) in [5.74, 6) is -0.0729. The molecule has 1 amide bonds. The van der Waals surface area contributed by atoms with Crippen molar-refractivity contribution < 1.29 is 4.79 Å². The van der Waals surface area contributed by atoms with E-state index in [0.29, 0.717) is 6.54 Å². The molecule has 0 saturated heterocycles. The normalized spacial score (nSPS) is 13.8. The maximum Gasteiger partial charge on any atom is 0.237 e. The van der Waals surface area contributed by atoms with Crippen molar-refractivity contribution in [3.8, 4) is 0 Å². The van der Waals surface area contributed by atoms with Gasteiger partial charge >= 0.3 is 0 Å². The molecule has 0 heterocycles. The van der Waals surface area contributed by atoms with Crippen molar-refractivity contribution in [1.29, 1.82) is 0 Å². The number of hydrogen-bond donors (Lipinski definition) is 1. The minimum absolute atomic E-state index is 0.0729. The van der Waals surface area contributed by atoms with Crippen LogP contribution in [0.3, 0.4) is 0 Å². The Morgan fingerprint density at radius 1 is 1.50 bits per heavy atom. The molecule has 0 unspecified atom stereocenters. The highest BCUT2D eigenvalue weighted by atomic mass is 35.5. The first-order valence-corrected chi connectivity index (χ1v) is 5.74. The number of amides is 1. The predicted molar refractivity (Wildman–Crippen MR) is 61.6 cm³/mol. The number of carbonyl (C=O) groups is 1. The fraction of sp³-hybridized carbons (Fsp3) is 0.909. The van der Waals surface area contributed by atoms with E-state index in [1.165, 1.54) is 12.8 Å². The molecule has 1 N–H and O–H groups in total. The largest absolute Gasteiger partial charge is 0.354 e. The summed E-state index contributed by atoms with van der Waals surface area (Å²) in [7, 11) is 0. The first-order chi connectivity index (χ1) is 6.39. The molecule has 0 bridgehead atoms. The van der Waals surface area contributed by atoms with Crippen LogP contribution in [0.25, 0.3) is 0 Å². The third kappa shape index (κ3) is 6.25. The molecule has 0 aromatic heterocycles. The molecule has 0 aliphatic carbocycles. The van der Waals surface area contributed by atoms with Crippen LogP contribution in [0.2, 0.25) is 0 Å². The number of halogens is 1. The summed E-state index contributed by atoms with van der Waals surface area (Å²) in [5.41, 5.74) is 0.178. The zero-order valence-corrected chi connectivity index (χ0v) is 10.4. The van der Waals surface area contributed by atoms with Crippen molar-refractivity contribution in [2.24, 2.45) is 5.41 Å². The average molecular weight is 220 g/mol. The second kappa shape index (κ2) is 6.28. The molecule has 0 aliphatic heterocycles. The predicted octanol–water partition coefficient (Wildman–Crippen LogP) is 2.95. The maximum atomic E-state index is 11.2. The summed E-state index contributed by atoms with van der Waals surface area (Å²) in [5, 5.41) is 2.43. The van der Waals surface area contributed by atoms with Crippen LogP contribution >= 0.6 is 11.6 Å². The van der Waals surface area contributed by atoms with Crippen molar-refractivity contribution >= 4 is 17.5 Å². The minimum atomic E-state index is -0.433. The van der Waals surface area contributed by atoms with E-state index in [0.717, 1.165) is 6.42 Å². The van der Waals surface area contributed by atoms with Gasteiger partial charge in [-0.2, -0.15) is 0 Å². The number of unbranched alkanes of at least 4 members (excludes halogenated alkanes) is 1. The van der Waals surface area contributed by atoms with Crippen LogP contribution in [0.15, 0.2) is 0 Å². The van der Waals surface area contributed by atoms with E-state index in [2.05, 4.69) is 26.1 Å². The van der Waals surface area contributed by atoms with Crippen LogP contribution in [0, 0.1) is 5.41 Å². The van der Waals surface area contributed by atoms with Gasteiger partial charge in [-0.1, -0.05) is 33.6 Å². The third-order valence-electron chi connectivity index (χ3n) is 2.31. The van der Waals surface area contributed by atoms with Crippen LogP contribution in [0.5, 0.6) is 0 Å². The summed E-state index contributed by atoms with van der Waals surface area (Å²) in [6.45, 7) is 8.91. The second-order valence-electron chi connectivity index (χ2n) is 4.60. The van der Waals surface area contributed by atoms with E-state index in [9.17, 15) is 4.79 Å². The van der Waals surface area contributed by atoms with Gasteiger partial charge in [-0.05, 0) is 18.8 Å². The molecule has 0 rings (SSSR count). The van der Waals surface area contributed by atoms with E-state index in [1.54, 1.807) is 6.92 Å². The van der Waals surface area contributed by atoms with E-state index < -0.39 is 5.38 Å². The standard InChI is InChI=1S/C11H22ClNO/c1-5-6-7-11(3,4)8-13-10(14)9(2)12/h9H,5-8H2,1-4H3,(H,13,14)/t9-/m0/s1. The molecule has 0 spiro atoms. The van der Waals surface area contributed by atoms with Crippen LogP contribution in [-0.4, -0.2) is 17.8 Å². The van der Waals surface area contributed by atoms with Gasteiger partial charge in [0, 0.05) is 6.54 Å². The molecular weight excluding hydrogens is 198 g/mol. The Morgan fingerprint density at radius 2 is 2.07 bits per heavy atom. The SMILES string of the molecule is CCCCC(C)(C)CNC(=O)[C@H](C)Cl.